The summed E-state index contributed by atoms with van der Waals surface area (Å²) in [4.78, 5) is 4.06. The Labute approximate surface area is 77.2 Å². The van der Waals surface area contributed by atoms with Gasteiger partial charge in [0.05, 0.1) is 5.52 Å². The Morgan fingerprint density at radius 3 is 3.15 bits per heavy atom. The fourth-order valence-electron chi connectivity index (χ4n) is 1.51. The summed E-state index contributed by atoms with van der Waals surface area (Å²) < 4.78 is 2.15. The van der Waals surface area contributed by atoms with Crippen LogP contribution in [0.1, 0.15) is 6.92 Å². The number of aromatic nitrogens is 2. The van der Waals surface area contributed by atoms with E-state index in [4.69, 9.17) is 5.73 Å². The molecule has 0 saturated carbocycles. The molecule has 0 bridgehead atoms. The van der Waals surface area contributed by atoms with Crippen molar-refractivity contribution in [3.63, 3.8) is 0 Å². The van der Waals surface area contributed by atoms with Gasteiger partial charge in [0.2, 0.25) is 0 Å². The van der Waals surface area contributed by atoms with Crippen molar-refractivity contribution in [2.75, 3.05) is 0 Å². The number of nitrogens with zero attached hydrogens (tertiary/aromatic N) is 2. The number of hydrogen-bond donors (Lipinski definition) is 1. The first-order valence-electron chi connectivity index (χ1n) is 4.42. The predicted octanol–water partition coefficient (Wildman–Crippen LogP) is 1.38. The van der Waals surface area contributed by atoms with Gasteiger partial charge in [-0.3, -0.25) is 4.98 Å². The zero-order valence-electron chi connectivity index (χ0n) is 7.64. The van der Waals surface area contributed by atoms with Gasteiger partial charge in [-0.15, -0.1) is 0 Å². The molecule has 0 saturated heterocycles. The van der Waals surface area contributed by atoms with E-state index in [0.29, 0.717) is 0 Å². The lowest BCUT2D eigenvalue weighted by atomic mass is 10.3. The van der Waals surface area contributed by atoms with Crippen LogP contribution in [-0.4, -0.2) is 15.6 Å². The second-order valence-corrected chi connectivity index (χ2v) is 3.38. The number of hydrogen-bond acceptors (Lipinski definition) is 2. The van der Waals surface area contributed by atoms with Crippen molar-refractivity contribution in [1.29, 1.82) is 0 Å². The molecule has 3 heteroatoms. The maximum Gasteiger partial charge on any atom is 0.0511 e. The molecule has 0 aromatic carbocycles. The molecule has 0 aliphatic heterocycles. The predicted molar refractivity (Wildman–Crippen MR) is 53.4 cm³/mol. The Hall–Kier alpha value is -1.35. The Morgan fingerprint density at radius 1 is 1.54 bits per heavy atom. The SMILES string of the molecule is C[C@@H](N)Cn1ccc2cnccc21. The Morgan fingerprint density at radius 2 is 2.38 bits per heavy atom. The van der Waals surface area contributed by atoms with Crippen LogP contribution in [0.25, 0.3) is 10.9 Å². The van der Waals surface area contributed by atoms with E-state index in [0.717, 1.165) is 6.54 Å². The number of fused-ring (bicyclic) bond motifs is 1. The monoisotopic (exact) mass is 175 g/mol. The zero-order valence-corrected chi connectivity index (χ0v) is 7.64. The topological polar surface area (TPSA) is 43.8 Å². The molecule has 1 atom stereocenters. The standard InChI is InChI=1S/C10H13N3/c1-8(11)7-13-5-3-9-6-12-4-2-10(9)13/h2-6,8H,7,11H2,1H3/t8-/m1/s1. The second kappa shape index (κ2) is 3.18. The van der Waals surface area contributed by atoms with Crippen molar-refractivity contribution in [2.24, 2.45) is 5.73 Å². The molecule has 0 spiro atoms. The summed E-state index contributed by atoms with van der Waals surface area (Å²) >= 11 is 0. The highest BCUT2D eigenvalue weighted by atomic mass is 15.0. The smallest absolute Gasteiger partial charge is 0.0511 e. The Bertz CT molecular complexity index is 403. The van der Waals surface area contributed by atoms with Gasteiger partial charge in [0, 0.05) is 36.6 Å². The summed E-state index contributed by atoms with van der Waals surface area (Å²) in [6, 6.07) is 4.26. The minimum Gasteiger partial charge on any atom is -0.346 e. The fraction of sp³-hybridized carbons (Fsp3) is 0.300. The highest BCUT2D eigenvalue weighted by Crippen LogP contribution is 2.13. The van der Waals surface area contributed by atoms with Crippen molar-refractivity contribution >= 4 is 10.9 Å². The van der Waals surface area contributed by atoms with E-state index < -0.39 is 0 Å². The van der Waals surface area contributed by atoms with E-state index in [-0.39, 0.29) is 6.04 Å². The van der Waals surface area contributed by atoms with E-state index in [1.54, 1.807) is 6.20 Å². The van der Waals surface area contributed by atoms with Crippen LogP contribution in [0.15, 0.2) is 30.7 Å². The van der Waals surface area contributed by atoms with Crippen LogP contribution in [0, 0.1) is 0 Å². The third-order valence-corrected chi connectivity index (χ3v) is 2.06. The first-order valence-corrected chi connectivity index (χ1v) is 4.42. The third kappa shape index (κ3) is 1.55. The molecule has 2 aromatic heterocycles. The van der Waals surface area contributed by atoms with Crippen LogP contribution in [0.4, 0.5) is 0 Å². The summed E-state index contributed by atoms with van der Waals surface area (Å²) in [5.41, 5.74) is 6.94. The van der Waals surface area contributed by atoms with Crippen LogP contribution in [0.5, 0.6) is 0 Å². The molecule has 0 fully saturated rings. The minimum atomic E-state index is 0.184. The molecule has 0 radical (unpaired) electrons. The van der Waals surface area contributed by atoms with Crippen LogP contribution in [-0.2, 0) is 6.54 Å². The van der Waals surface area contributed by atoms with Crippen molar-refractivity contribution in [3.8, 4) is 0 Å². The molecule has 2 N–H and O–H groups in total. The normalized spacial score (nSPS) is 13.4. The molecule has 0 unspecified atom stereocenters. The van der Waals surface area contributed by atoms with Crippen molar-refractivity contribution < 1.29 is 0 Å². The van der Waals surface area contributed by atoms with Gasteiger partial charge in [0.1, 0.15) is 0 Å². The average molecular weight is 175 g/mol. The number of pyridine rings is 1. The fourth-order valence-corrected chi connectivity index (χ4v) is 1.51. The van der Waals surface area contributed by atoms with Crippen LogP contribution in [0.3, 0.4) is 0 Å². The Balaban J connectivity index is 2.46. The largest absolute Gasteiger partial charge is 0.346 e. The average Bonchev–Trinajstić information content (AvgIpc) is 2.48. The molecule has 13 heavy (non-hydrogen) atoms. The molecule has 68 valence electrons. The quantitative estimate of drug-likeness (QED) is 0.749. The maximum absolute atomic E-state index is 5.74. The number of nitrogens with two attached hydrogens (primary N) is 1. The summed E-state index contributed by atoms with van der Waals surface area (Å²) in [5.74, 6) is 0. The van der Waals surface area contributed by atoms with Gasteiger partial charge in [0.15, 0.2) is 0 Å². The van der Waals surface area contributed by atoms with Gasteiger partial charge in [-0.2, -0.15) is 0 Å². The molecule has 3 nitrogen and oxygen atoms in total. The highest BCUT2D eigenvalue weighted by Gasteiger charge is 2.01. The molecule has 0 amide bonds. The first-order chi connectivity index (χ1) is 6.27. The van der Waals surface area contributed by atoms with Gasteiger partial charge in [-0.05, 0) is 19.1 Å². The van der Waals surface area contributed by atoms with E-state index in [1.165, 1.54) is 10.9 Å². The van der Waals surface area contributed by atoms with Crippen molar-refractivity contribution in [1.82, 2.24) is 9.55 Å². The van der Waals surface area contributed by atoms with Gasteiger partial charge in [-0.25, -0.2) is 0 Å². The van der Waals surface area contributed by atoms with Crippen LogP contribution in [0.2, 0.25) is 0 Å². The van der Waals surface area contributed by atoms with Gasteiger partial charge in [0.25, 0.3) is 0 Å². The Kier molecular flexibility index (Phi) is 2.02. The summed E-state index contributed by atoms with van der Waals surface area (Å²) in [6.07, 6.45) is 5.72. The first kappa shape index (κ1) is 8.26. The second-order valence-electron chi connectivity index (χ2n) is 3.38. The van der Waals surface area contributed by atoms with E-state index in [1.807, 2.05) is 19.2 Å². The summed E-state index contributed by atoms with van der Waals surface area (Å²) in [7, 11) is 0. The summed E-state index contributed by atoms with van der Waals surface area (Å²) in [6.45, 7) is 2.86. The van der Waals surface area contributed by atoms with Crippen LogP contribution < -0.4 is 5.73 Å². The lowest BCUT2D eigenvalue weighted by Crippen LogP contribution is -2.21. The van der Waals surface area contributed by atoms with Crippen molar-refractivity contribution in [2.45, 2.75) is 19.5 Å². The highest BCUT2D eigenvalue weighted by molar-refractivity contribution is 5.78. The minimum absolute atomic E-state index is 0.184. The summed E-state index contributed by atoms with van der Waals surface area (Å²) in [5, 5.41) is 1.17. The molecular weight excluding hydrogens is 162 g/mol. The van der Waals surface area contributed by atoms with Crippen LogP contribution >= 0.6 is 0 Å². The molecule has 2 heterocycles. The lowest BCUT2D eigenvalue weighted by molar-refractivity contribution is 0.605. The number of rotatable bonds is 2. The lowest BCUT2D eigenvalue weighted by Gasteiger charge is -2.07. The van der Waals surface area contributed by atoms with E-state index in [2.05, 4.69) is 21.8 Å². The van der Waals surface area contributed by atoms with Crippen molar-refractivity contribution in [3.05, 3.63) is 30.7 Å². The molecule has 0 aliphatic rings. The molecule has 2 rings (SSSR count). The van der Waals surface area contributed by atoms with Gasteiger partial charge < -0.3 is 10.3 Å². The third-order valence-electron chi connectivity index (χ3n) is 2.06. The zero-order chi connectivity index (χ0) is 9.26. The van der Waals surface area contributed by atoms with E-state index >= 15 is 0 Å². The maximum atomic E-state index is 5.74. The molecule has 2 aromatic rings. The van der Waals surface area contributed by atoms with Gasteiger partial charge in [-0.1, -0.05) is 0 Å². The van der Waals surface area contributed by atoms with E-state index in [9.17, 15) is 0 Å². The molecular formula is C10H13N3. The molecule has 0 aliphatic carbocycles. The van der Waals surface area contributed by atoms with Gasteiger partial charge >= 0.3 is 0 Å².